The van der Waals surface area contributed by atoms with Crippen molar-refractivity contribution in [3.8, 4) is 17.2 Å². The van der Waals surface area contributed by atoms with Crippen molar-refractivity contribution in [1.82, 2.24) is 15.0 Å². The van der Waals surface area contributed by atoms with Crippen LogP contribution in [0.15, 0.2) is 59.3 Å². The van der Waals surface area contributed by atoms with E-state index in [9.17, 15) is 14.7 Å². The van der Waals surface area contributed by atoms with E-state index in [-0.39, 0.29) is 23.0 Å². The Balaban J connectivity index is 1.61. The summed E-state index contributed by atoms with van der Waals surface area (Å²) in [5.74, 6) is -2.06. The van der Waals surface area contributed by atoms with Crippen LogP contribution < -0.4 is 5.32 Å². The van der Waals surface area contributed by atoms with Gasteiger partial charge in [0, 0.05) is 24.1 Å². The van der Waals surface area contributed by atoms with Crippen molar-refractivity contribution < 1.29 is 24.2 Å². The van der Waals surface area contributed by atoms with Crippen LogP contribution in [0, 0.1) is 0 Å². The average molecular weight is 376 g/mol. The molecule has 2 aromatic carbocycles. The number of aromatic hydroxyl groups is 1. The summed E-state index contributed by atoms with van der Waals surface area (Å²) in [4.78, 5) is 35.2. The molecule has 3 N–H and O–H groups in total. The standard InChI is InChI=1S/C19H12N4O5/c24-13-9-10(22-17(25)15-16(19(26)27)21-8-7-20-15)5-6-11(13)18-23-12-3-1-2-4-14(12)28-18/h1-9,24H,(H,22,25)(H,26,27). The normalized spacial score (nSPS) is 10.7. The smallest absolute Gasteiger partial charge is 0.356 e. The fourth-order valence-electron chi connectivity index (χ4n) is 2.63. The number of hydrogen-bond donors (Lipinski definition) is 3. The SMILES string of the molecule is O=C(O)c1nccnc1C(=O)Nc1ccc(-c2nc3ccccc3o2)c(O)c1. The Morgan fingerprint density at radius 3 is 2.46 bits per heavy atom. The minimum absolute atomic E-state index is 0.165. The summed E-state index contributed by atoms with van der Waals surface area (Å²) in [5, 5.41) is 21.9. The molecule has 4 aromatic rings. The van der Waals surface area contributed by atoms with Gasteiger partial charge in [-0.3, -0.25) is 4.79 Å². The Labute approximate surface area is 157 Å². The molecule has 1 amide bonds. The molecule has 0 aliphatic heterocycles. The van der Waals surface area contributed by atoms with Crippen LogP contribution in [0.3, 0.4) is 0 Å². The number of carbonyl (C=O) groups excluding carboxylic acids is 1. The second-order valence-corrected chi connectivity index (χ2v) is 5.73. The molecule has 0 saturated carbocycles. The van der Waals surface area contributed by atoms with Gasteiger partial charge in [-0.05, 0) is 24.3 Å². The lowest BCUT2D eigenvalue weighted by Crippen LogP contribution is -2.19. The highest BCUT2D eigenvalue weighted by Gasteiger charge is 2.20. The van der Waals surface area contributed by atoms with E-state index in [0.717, 1.165) is 0 Å². The second kappa shape index (κ2) is 6.80. The Bertz CT molecular complexity index is 1180. The van der Waals surface area contributed by atoms with E-state index in [2.05, 4.69) is 20.3 Å². The highest BCUT2D eigenvalue weighted by atomic mass is 16.4. The number of nitrogens with zero attached hydrogens (tertiary/aromatic N) is 3. The van der Waals surface area contributed by atoms with Gasteiger partial charge in [0.15, 0.2) is 17.0 Å². The van der Waals surface area contributed by atoms with Gasteiger partial charge in [-0.25, -0.2) is 19.7 Å². The molecule has 2 aromatic heterocycles. The maximum Gasteiger partial charge on any atom is 0.356 e. The van der Waals surface area contributed by atoms with Crippen molar-refractivity contribution >= 4 is 28.7 Å². The van der Waals surface area contributed by atoms with E-state index in [1.165, 1.54) is 30.6 Å². The molecule has 0 spiro atoms. The Morgan fingerprint density at radius 1 is 1.00 bits per heavy atom. The first-order valence-electron chi connectivity index (χ1n) is 8.07. The van der Waals surface area contributed by atoms with Gasteiger partial charge in [0.1, 0.15) is 11.3 Å². The fraction of sp³-hybridized carbons (Fsp3) is 0. The van der Waals surface area contributed by atoms with Crippen LogP contribution in [0.4, 0.5) is 5.69 Å². The quantitative estimate of drug-likeness (QED) is 0.494. The van der Waals surface area contributed by atoms with Crippen LogP contribution in [0.25, 0.3) is 22.6 Å². The van der Waals surface area contributed by atoms with Crippen molar-refractivity contribution in [2.24, 2.45) is 0 Å². The summed E-state index contributed by atoms with van der Waals surface area (Å²) in [7, 11) is 0. The van der Waals surface area contributed by atoms with Crippen LogP contribution in [0.2, 0.25) is 0 Å². The van der Waals surface area contributed by atoms with Gasteiger partial charge in [0.2, 0.25) is 5.89 Å². The summed E-state index contributed by atoms with van der Waals surface area (Å²) in [6.45, 7) is 0. The van der Waals surface area contributed by atoms with Gasteiger partial charge in [0.05, 0.1) is 5.56 Å². The predicted octanol–water partition coefficient (Wildman–Crippen LogP) is 2.94. The van der Waals surface area contributed by atoms with E-state index in [4.69, 9.17) is 9.52 Å². The van der Waals surface area contributed by atoms with Gasteiger partial charge in [-0.1, -0.05) is 12.1 Å². The van der Waals surface area contributed by atoms with E-state index in [0.29, 0.717) is 16.7 Å². The summed E-state index contributed by atoms with van der Waals surface area (Å²) in [6, 6.07) is 11.5. The molecule has 9 nitrogen and oxygen atoms in total. The Kier molecular flexibility index (Phi) is 4.17. The molecular formula is C19H12N4O5. The number of aromatic carboxylic acids is 1. The number of nitrogens with one attached hydrogen (secondary N) is 1. The number of oxazole rings is 1. The van der Waals surface area contributed by atoms with Crippen LogP contribution in [0.5, 0.6) is 5.75 Å². The third-order valence-corrected chi connectivity index (χ3v) is 3.90. The summed E-state index contributed by atoms with van der Waals surface area (Å²) >= 11 is 0. The van der Waals surface area contributed by atoms with Crippen molar-refractivity contribution in [3.05, 3.63) is 66.2 Å². The molecule has 0 aliphatic rings. The monoisotopic (exact) mass is 376 g/mol. The van der Waals surface area contributed by atoms with E-state index >= 15 is 0 Å². The molecule has 0 fully saturated rings. The third-order valence-electron chi connectivity index (χ3n) is 3.90. The molecular weight excluding hydrogens is 364 g/mol. The Hall–Kier alpha value is -4.27. The molecule has 0 aliphatic carbocycles. The van der Waals surface area contributed by atoms with E-state index in [1.54, 1.807) is 12.1 Å². The lowest BCUT2D eigenvalue weighted by Gasteiger charge is -2.08. The highest BCUT2D eigenvalue weighted by Crippen LogP contribution is 2.33. The topological polar surface area (TPSA) is 138 Å². The van der Waals surface area contributed by atoms with Crippen LogP contribution in [-0.2, 0) is 0 Å². The minimum atomic E-state index is -1.37. The number of carbonyl (C=O) groups is 2. The zero-order valence-electron chi connectivity index (χ0n) is 14.2. The average Bonchev–Trinajstić information content (AvgIpc) is 3.11. The molecule has 0 atom stereocenters. The number of para-hydroxylation sites is 2. The van der Waals surface area contributed by atoms with Gasteiger partial charge < -0.3 is 19.9 Å². The molecule has 0 radical (unpaired) electrons. The number of phenolic OH excluding ortho intramolecular Hbond substituents is 1. The number of rotatable bonds is 4. The molecule has 9 heteroatoms. The number of anilines is 1. The van der Waals surface area contributed by atoms with Crippen LogP contribution in [0.1, 0.15) is 21.0 Å². The maximum atomic E-state index is 12.3. The molecule has 0 bridgehead atoms. The zero-order chi connectivity index (χ0) is 19.7. The van der Waals surface area contributed by atoms with Crippen molar-refractivity contribution in [1.29, 1.82) is 0 Å². The molecule has 0 saturated heterocycles. The molecule has 4 rings (SSSR count). The van der Waals surface area contributed by atoms with E-state index < -0.39 is 17.6 Å². The number of benzene rings is 2. The minimum Gasteiger partial charge on any atom is -0.507 e. The van der Waals surface area contributed by atoms with Crippen LogP contribution >= 0.6 is 0 Å². The van der Waals surface area contributed by atoms with Gasteiger partial charge in [0.25, 0.3) is 5.91 Å². The van der Waals surface area contributed by atoms with Gasteiger partial charge >= 0.3 is 5.97 Å². The van der Waals surface area contributed by atoms with Gasteiger partial charge in [-0.2, -0.15) is 0 Å². The van der Waals surface area contributed by atoms with Crippen LogP contribution in [-0.4, -0.2) is 37.0 Å². The summed E-state index contributed by atoms with van der Waals surface area (Å²) in [6.07, 6.45) is 2.40. The first kappa shape index (κ1) is 17.2. The lowest BCUT2D eigenvalue weighted by atomic mass is 10.1. The predicted molar refractivity (Wildman–Crippen MR) is 98.1 cm³/mol. The first-order valence-corrected chi connectivity index (χ1v) is 8.07. The number of hydrogen-bond acceptors (Lipinski definition) is 7. The summed E-state index contributed by atoms with van der Waals surface area (Å²) < 4.78 is 5.63. The van der Waals surface area contributed by atoms with Crippen molar-refractivity contribution in [3.63, 3.8) is 0 Å². The molecule has 28 heavy (non-hydrogen) atoms. The number of fused-ring (bicyclic) bond motifs is 1. The largest absolute Gasteiger partial charge is 0.507 e. The third kappa shape index (κ3) is 3.12. The number of carboxylic acids is 1. The molecule has 138 valence electrons. The number of aromatic nitrogens is 3. The molecule has 2 heterocycles. The number of phenols is 1. The van der Waals surface area contributed by atoms with Crippen molar-refractivity contribution in [2.75, 3.05) is 5.32 Å². The molecule has 0 unspecified atom stereocenters. The summed E-state index contributed by atoms with van der Waals surface area (Å²) in [5.41, 5.74) is 1.02. The second-order valence-electron chi connectivity index (χ2n) is 5.73. The number of amides is 1. The van der Waals surface area contributed by atoms with E-state index in [1.807, 2.05) is 12.1 Å². The lowest BCUT2D eigenvalue weighted by molar-refractivity contribution is 0.0685. The zero-order valence-corrected chi connectivity index (χ0v) is 14.2. The van der Waals surface area contributed by atoms with Crippen molar-refractivity contribution in [2.45, 2.75) is 0 Å². The maximum absolute atomic E-state index is 12.3. The highest BCUT2D eigenvalue weighted by molar-refractivity contribution is 6.08. The first-order chi connectivity index (χ1) is 13.5. The Morgan fingerprint density at radius 2 is 1.75 bits per heavy atom. The van der Waals surface area contributed by atoms with Gasteiger partial charge in [-0.15, -0.1) is 0 Å². The number of carboxylic acid groups (broad SMARTS) is 1. The fourth-order valence-corrected chi connectivity index (χ4v) is 2.63.